The molecule has 0 radical (unpaired) electrons. The highest BCUT2D eigenvalue weighted by atomic mass is 32.2. The van der Waals surface area contributed by atoms with Crippen molar-refractivity contribution >= 4 is 61.6 Å². The van der Waals surface area contributed by atoms with Crippen molar-refractivity contribution in [3.63, 3.8) is 0 Å². The molecule has 1 amide bonds. The number of aromatic nitrogens is 2. The highest BCUT2D eigenvalue weighted by Gasteiger charge is 2.25. The molecule has 36 heavy (non-hydrogen) atoms. The Morgan fingerprint density at radius 3 is 2.72 bits per heavy atom. The minimum absolute atomic E-state index is 0.278. The summed E-state index contributed by atoms with van der Waals surface area (Å²) in [4.78, 5) is 44.3. The molecule has 0 spiro atoms. The Morgan fingerprint density at radius 2 is 1.92 bits per heavy atom. The Kier molecular flexibility index (Phi) is 5.31. The number of thiophene rings is 1. The summed E-state index contributed by atoms with van der Waals surface area (Å²) in [7, 11) is 0. The largest absolute Gasteiger partial charge is 0.422 e. The van der Waals surface area contributed by atoms with E-state index in [9.17, 15) is 18.8 Å². The molecular weight excluding hydrogens is 503 g/mol. The van der Waals surface area contributed by atoms with Gasteiger partial charge in [-0.15, -0.1) is 11.3 Å². The van der Waals surface area contributed by atoms with Crippen LogP contribution in [0, 0.1) is 12.7 Å². The molecule has 0 unspecified atom stereocenters. The monoisotopic (exact) mass is 518 g/mol. The van der Waals surface area contributed by atoms with Crippen LogP contribution < -0.4 is 16.5 Å². The average molecular weight is 519 g/mol. The van der Waals surface area contributed by atoms with Crippen LogP contribution in [0.4, 0.5) is 10.1 Å². The number of thioether (sulfide) groups is 1. The van der Waals surface area contributed by atoms with Gasteiger partial charge in [0.15, 0.2) is 5.16 Å². The SMILES string of the molecule is Cc1c(C(=O)Nc2ccc(F)cc2)sc2nc3n(c(=O)c12)N=C(c1cc2ccccc2oc1=O)CS3. The van der Waals surface area contributed by atoms with Crippen LogP contribution >= 0.6 is 23.1 Å². The number of aryl methyl sites for hydroxylation is 1. The van der Waals surface area contributed by atoms with Crippen LogP contribution in [0.3, 0.4) is 0 Å². The van der Waals surface area contributed by atoms with Gasteiger partial charge in [-0.3, -0.25) is 9.59 Å². The fourth-order valence-corrected chi connectivity index (χ4v) is 5.96. The molecule has 1 aliphatic rings. The number of carbonyl (C=O) groups is 1. The minimum atomic E-state index is -0.537. The van der Waals surface area contributed by atoms with Gasteiger partial charge in [0, 0.05) is 16.8 Å². The van der Waals surface area contributed by atoms with E-state index in [1.165, 1.54) is 40.7 Å². The molecule has 0 fully saturated rings. The molecule has 11 heteroatoms. The van der Waals surface area contributed by atoms with Gasteiger partial charge >= 0.3 is 5.63 Å². The van der Waals surface area contributed by atoms with Crippen LogP contribution in [0.5, 0.6) is 0 Å². The molecule has 0 saturated carbocycles. The number of nitrogens with zero attached hydrogens (tertiary/aromatic N) is 3. The van der Waals surface area contributed by atoms with Gasteiger partial charge in [-0.1, -0.05) is 30.0 Å². The Bertz CT molecular complexity index is 1860. The second kappa shape index (κ2) is 8.54. The van der Waals surface area contributed by atoms with Gasteiger partial charge in [0.25, 0.3) is 11.5 Å². The second-order valence-electron chi connectivity index (χ2n) is 8.03. The number of hydrogen-bond donors (Lipinski definition) is 1. The first-order chi connectivity index (χ1) is 17.4. The number of halogens is 1. The Morgan fingerprint density at radius 1 is 1.14 bits per heavy atom. The lowest BCUT2D eigenvalue weighted by Gasteiger charge is -2.15. The number of hydrogen-bond acceptors (Lipinski definition) is 8. The summed E-state index contributed by atoms with van der Waals surface area (Å²) in [6.45, 7) is 1.67. The number of para-hydroxylation sites is 1. The molecule has 6 rings (SSSR count). The zero-order chi connectivity index (χ0) is 25.0. The van der Waals surface area contributed by atoms with Gasteiger partial charge in [0.2, 0.25) is 0 Å². The van der Waals surface area contributed by atoms with Gasteiger partial charge in [0.05, 0.1) is 21.5 Å². The Labute approximate surface area is 210 Å². The second-order valence-corrected chi connectivity index (χ2v) is 9.97. The fourth-order valence-electron chi connectivity index (χ4n) is 3.95. The molecule has 5 aromatic rings. The third kappa shape index (κ3) is 3.73. The highest BCUT2D eigenvalue weighted by molar-refractivity contribution is 7.99. The van der Waals surface area contributed by atoms with E-state index >= 15 is 0 Å². The number of carbonyl (C=O) groups excluding carboxylic acids is 1. The summed E-state index contributed by atoms with van der Waals surface area (Å²) in [6, 6.07) is 14.3. The third-order valence-electron chi connectivity index (χ3n) is 5.73. The van der Waals surface area contributed by atoms with Crippen molar-refractivity contribution in [2.75, 3.05) is 11.1 Å². The van der Waals surface area contributed by atoms with Crippen molar-refractivity contribution < 1.29 is 13.6 Å². The fraction of sp³-hybridized carbons (Fsp3) is 0.0800. The average Bonchev–Trinajstić information content (AvgIpc) is 3.21. The summed E-state index contributed by atoms with van der Waals surface area (Å²) < 4.78 is 19.8. The normalized spacial score (nSPS) is 13.0. The van der Waals surface area contributed by atoms with E-state index in [0.717, 1.165) is 16.7 Å². The molecule has 1 aliphatic heterocycles. The minimum Gasteiger partial charge on any atom is -0.422 e. The van der Waals surface area contributed by atoms with Gasteiger partial charge in [0.1, 0.15) is 16.2 Å². The van der Waals surface area contributed by atoms with E-state index in [4.69, 9.17) is 4.42 Å². The van der Waals surface area contributed by atoms with Crippen LogP contribution in [0.1, 0.15) is 20.8 Å². The van der Waals surface area contributed by atoms with Crippen LogP contribution in [0.25, 0.3) is 21.2 Å². The lowest BCUT2D eigenvalue weighted by Crippen LogP contribution is -2.28. The summed E-state index contributed by atoms with van der Waals surface area (Å²) >= 11 is 2.38. The zero-order valence-electron chi connectivity index (χ0n) is 18.6. The van der Waals surface area contributed by atoms with E-state index < -0.39 is 22.9 Å². The molecule has 0 saturated heterocycles. The molecular formula is C25H15FN4O4S2. The van der Waals surface area contributed by atoms with E-state index in [1.54, 1.807) is 25.1 Å². The maximum atomic E-state index is 13.4. The predicted octanol–water partition coefficient (Wildman–Crippen LogP) is 4.62. The van der Waals surface area contributed by atoms with Gasteiger partial charge in [-0.2, -0.15) is 9.78 Å². The molecule has 8 nitrogen and oxygen atoms in total. The molecule has 0 aliphatic carbocycles. The smallest absolute Gasteiger partial charge is 0.345 e. The maximum absolute atomic E-state index is 13.4. The first-order valence-electron chi connectivity index (χ1n) is 10.8. The number of anilines is 1. The van der Waals surface area contributed by atoms with Gasteiger partial charge in [-0.25, -0.2) is 14.2 Å². The molecule has 0 atom stereocenters. The molecule has 4 heterocycles. The van der Waals surface area contributed by atoms with Crippen molar-refractivity contribution in [3.8, 4) is 0 Å². The van der Waals surface area contributed by atoms with Crippen molar-refractivity contribution in [1.82, 2.24) is 9.66 Å². The van der Waals surface area contributed by atoms with Crippen LogP contribution in [0.15, 0.2) is 78.9 Å². The summed E-state index contributed by atoms with van der Waals surface area (Å²) in [5.41, 5.74) is 1.08. The quantitative estimate of drug-likeness (QED) is 0.276. The predicted molar refractivity (Wildman–Crippen MR) is 138 cm³/mol. The molecule has 3 aromatic heterocycles. The van der Waals surface area contributed by atoms with Crippen molar-refractivity contribution in [2.24, 2.45) is 5.10 Å². The lowest BCUT2D eigenvalue weighted by atomic mass is 10.1. The zero-order valence-corrected chi connectivity index (χ0v) is 20.2. The standard InChI is InChI=1S/C25H15FN4O4S2/c1-12-19-22(36-20(12)21(31)27-15-8-6-14(26)7-9-15)28-25-30(23(19)32)29-17(11-35-25)16-10-13-4-2-3-5-18(13)34-24(16)33/h2-10H,11H2,1H3,(H,27,31). The van der Waals surface area contributed by atoms with Gasteiger partial charge < -0.3 is 9.73 Å². The lowest BCUT2D eigenvalue weighted by molar-refractivity contribution is 0.103. The number of nitrogens with one attached hydrogen (secondary N) is 1. The van der Waals surface area contributed by atoms with Crippen LogP contribution in [-0.4, -0.2) is 27.0 Å². The van der Waals surface area contributed by atoms with Crippen LogP contribution in [0.2, 0.25) is 0 Å². The van der Waals surface area contributed by atoms with E-state index in [-0.39, 0.29) is 10.9 Å². The van der Waals surface area contributed by atoms with Gasteiger partial charge in [-0.05, 0) is 48.9 Å². The Balaban J connectivity index is 1.42. The summed E-state index contributed by atoms with van der Waals surface area (Å²) in [5.74, 6) is -0.508. The topological polar surface area (TPSA) is 107 Å². The molecule has 2 aromatic carbocycles. The molecule has 1 N–H and O–H groups in total. The number of fused-ring (bicyclic) bond motifs is 3. The highest BCUT2D eigenvalue weighted by Crippen LogP contribution is 2.31. The molecule has 0 bridgehead atoms. The summed E-state index contributed by atoms with van der Waals surface area (Å²) in [5, 5.41) is 8.56. The number of rotatable bonds is 3. The number of benzene rings is 2. The Hall–Kier alpha value is -4.09. The maximum Gasteiger partial charge on any atom is 0.345 e. The van der Waals surface area contributed by atoms with Crippen LogP contribution in [-0.2, 0) is 0 Å². The van der Waals surface area contributed by atoms with E-state index in [0.29, 0.717) is 43.2 Å². The van der Waals surface area contributed by atoms with Crippen molar-refractivity contribution in [2.45, 2.75) is 12.1 Å². The van der Waals surface area contributed by atoms with Crippen molar-refractivity contribution in [1.29, 1.82) is 0 Å². The first kappa shape index (κ1) is 22.4. The first-order valence-corrected chi connectivity index (χ1v) is 12.6. The molecule has 178 valence electrons. The van der Waals surface area contributed by atoms with E-state index in [1.807, 2.05) is 12.1 Å². The number of amides is 1. The third-order valence-corrected chi connectivity index (χ3v) is 7.86. The summed E-state index contributed by atoms with van der Waals surface area (Å²) in [6.07, 6.45) is 0. The van der Waals surface area contributed by atoms with Crippen molar-refractivity contribution in [3.05, 3.63) is 97.2 Å². The van der Waals surface area contributed by atoms with E-state index in [2.05, 4.69) is 15.4 Å².